The van der Waals surface area contributed by atoms with Crippen molar-refractivity contribution in [1.29, 1.82) is 0 Å². The molecule has 0 atom stereocenters. The molecule has 0 aromatic heterocycles. The van der Waals surface area contributed by atoms with Gasteiger partial charge in [-0.2, -0.15) is 26.3 Å². The summed E-state index contributed by atoms with van der Waals surface area (Å²) in [5.74, 6) is -0.939. The summed E-state index contributed by atoms with van der Waals surface area (Å²) in [6.07, 6.45) is -9.19. The lowest BCUT2D eigenvalue weighted by molar-refractivity contribution is -0.376. The average Bonchev–Trinajstić information content (AvgIpc) is 2.79. The van der Waals surface area contributed by atoms with Crippen LogP contribution in [0.5, 0.6) is 0 Å². The molecule has 0 aliphatic rings. The van der Waals surface area contributed by atoms with E-state index in [2.05, 4.69) is 0 Å². The zero-order valence-electron chi connectivity index (χ0n) is 19.9. The maximum absolute atomic E-state index is 13.2. The van der Waals surface area contributed by atoms with Crippen LogP contribution in [0, 0.1) is 0 Å². The number of hydrogen-bond donors (Lipinski definition) is 3. The molecule has 0 aliphatic carbocycles. The Labute approximate surface area is 205 Å². The molecule has 7 nitrogen and oxygen atoms in total. The summed E-state index contributed by atoms with van der Waals surface area (Å²) in [6, 6.07) is 2.30. The summed E-state index contributed by atoms with van der Waals surface area (Å²) < 4.78 is 79.2. The van der Waals surface area contributed by atoms with Gasteiger partial charge >= 0.3 is 24.4 Å². The van der Waals surface area contributed by atoms with Crippen LogP contribution in [-0.4, -0.2) is 70.8 Å². The van der Waals surface area contributed by atoms with E-state index < -0.39 is 35.5 Å². The SMILES string of the molecule is CCN(CCCCO)C(=O)N(CCCCCCC(=O)O)c1ccc(C(O)(C(F)(F)F)C(F)(F)F)cc1. The smallest absolute Gasteiger partial charge is 0.430 e. The fourth-order valence-electron chi connectivity index (χ4n) is 3.58. The number of anilines is 1. The molecule has 13 heteroatoms. The molecule has 1 rings (SSSR count). The summed E-state index contributed by atoms with van der Waals surface area (Å²) in [7, 11) is 0. The highest BCUT2D eigenvalue weighted by Crippen LogP contribution is 2.50. The number of alkyl halides is 6. The molecule has 0 heterocycles. The number of carbonyl (C=O) groups excluding carboxylic acids is 1. The maximum Gasteiger partial charge on any atom is 0.430 e. The molecule has 1 aromatic carbocycles. The van der Waals surface area contributed by atoms with Gasteiger partial charge in [0.2, 0.25) is 0 Å². The van der Waals surface area contributed by atoms with Gasteiger partial charge in [-0.15, -0.1) is 0 Å². The Morgan fingerprint density at radius 2 is 1.36 bits per heavy atom. The fourth-order valence-corrected chi connectivity index (χ4v) is 3.58. The zero-order valence-corrected chi connectivity index (χ0v) is 19.9. The summed E-state index contributed by atoms with van der Waals surface area (Å²) >= 11 is 0. The third-order valence-electron chi connectivity index (χ3n) is 5.66. The van der Waals surface area contributed by atoms with E-state index in [0.717, 1.165) is 12.1 Å². The van der Waals surface area contributed by atoms with E-state index >= 15 is 0 Å². The first-order valence-electron chi connectivity index (χ1n) is 11.6. The van der Waals surface area contributed by atoms with Crippen LogP contribution in [0.25, 0.3) is 0 Å². The number of carboxylic acid groups (broad SMARTS) is 1. The van der Waals surface area contributed by atoms with Crippen molar-refractivity contribution in [3.8, 4) is 0 Å². The number of aliphatic hydroxyl groups is 2. The summed E-state index contributed by atoms with van der Waals surface area (Å²) in [5.41, 5.74) is -6.46. The van der Waals surface area contributed by atoms with Crippen molar-refractivity contribution >= 4 is 17.7 Å². The van der Waals surface area contributed by atoms with Gasteiger partial charge in [0.15, 0.2) is 0 Å². The van der Waals surface area contributed by atoms with Crippen molar-refractivity contribution in [1.82, 2.24) is 4.90 Å². The Morgan fingerprint density at radius 3 is 1.83 bits per heavy atom. The molecular formula is C23H32F6N2O5. The first kappa shape index (κ1) is 31.5. The number of aliphatic carboxylic acids is 1. The number of carboxylic acids is 1. The highest BCUT2D eigenvalue weighted by molar-refractivity contribution is 5.92. The van der Waals surface area contributed by atoms with Crippen LogP contribution < -0.4 is 4.90 Å². The van der Waals surface area contributed by atoms with E-state index in [-0.39, 0.29) is 38.3 Å². The molecule has 0 radical (unpaired) electrons. The van der Waals surface area contributed by atoms with Crippen LogP contribution in [0.2, 0.25) is 0 Å². The Morgan fingerprint density at radius 1 is 0.833 bits per heavy atom. The average molecular weight is 531 g/mol. The third-order valence-corrected chi connectivity index (χ3v) is 5.66. The van der Waals surface area contributed by atoms with E-state index in [1.54, 1.807) is 6.92 Å². The number of urea groups is 1. The monoisotopic (exact) mass is 530 g/mol. The highest BCUT2D eigenvalue weighted by atomic mass is 19.4. The predicted molar refractivity (Wildman–Crippen MR) is 119 cm³/mol. The van der Waals surface area contributed by atoms with Crippen molar-refractivity contribution in [2.45, 2.75) is 69.8 Å². The number of aliphatic hydroxyl groups excluding tert-OH is 1. The van der Waals surface area contributed by atoms with E-state index in [1.165, 1.54) is 9.80 Å². The van der Waals surface area contributed by atoms with Gasteiger partial charge in [0.1, 0.15) is 0 Å². The Kier molecular flexibility index (Phi) is 12.0. The second-order valence-electron chi connectivity index (χ2n) is 8.26. The molecule has 0 bridgehead atoms. The van der Waals surface area contributed by atoms with Crippen molar-refractivity contribution < 1.29 is 51.3 Å². The first-order chi connectivity index (χ1) is 16.7. The van der Waals surface area contributed by atoms with Gasteiger partial charge < -0.3 is 20.2 Å². The van der Waals surface area contributed by atoms with Gasteiger partial charge in [-0.1, -0.05) is 25.0 Å². The molecule has 3 N–H and O–H groups in total. The summed E-state index contributed by atoms with van der Waals surface area (Å²) in [5, 5.41) is 27.3. The van der Waals surface area contributed by atoms with E-state index in [1.807, 2.05) is 0 Å². The van der Waals surface area contributed by atoms with Crippen LogP contribution in [0.3, 0.4) is 0 Å². The minimum absolute atomic E-state index is 0.0140. The van der Waals surface area contributed by atoms with Crippen LogP contribution >= 0.6 is 0 Å². The highest BCUT2D eigenvalue weighted by Gasteiger charge is 2.71. The lowest BCUT2D eigenvalue weighted by Gasteiger charge is -2.33. The standard InChI is InChI=1S/C23H32F6N2O5/c1-2-30(14-7-8-16-32)20(35)31(15-6-4-3-5-9-19(33)34)18-12-10-17(11-13-18)21(36,22(24,25)26)23(27,28)29/h10-13,32,36H,2-9,14-16H2,1H3,(H,33,34). The molecule has 0 spiro atoms. The Balaban J connectivity index is 3.19. The van der Waals surface area contributed by atoms with E-state index in [0.29, 0.717) is 50.7 Å². The molecular weight excluding hydrogens is 498 g/mol. The Bertz CT molecular complexity index is 816. The lowest BCUT2D eigenvalue weighted by atomic mass is 9.92. The third kappa shape index (κ3) is 8.26. The van der Waals surface area contributed by atoms with Gasteiger partial charge in [-0.05, 0) is 44.7 Å². The van der Waals surface area contributed by atoms with Gasteiger partial charge in [0, 0.05) is 43.9 Å². The minimum Gasteiger partial charge on any atom is -0.481 e. The summed E-state index contributed by atoms with van der Waals surface area (Å²) in [6.45, 7) is 2.28. The topological polar surface area (TPSA) is 101 Å². The van der Waals surface area contributed by atoms with Crippen LogP contribution in [0.4, 0.5) is 36.8 Å². The van der Waals surface area contributed by atoms with Crippen molar-refractivity contribution in [3.05, 3.63) is 29.8 Å². The largest absolute Gasteiger partial charge is 0.481 e. The van der Waals surface area contributed by atoms with Crippen LogP contribution in [-0.2, 0) is 10.4 Å². The zero-order chi connectivity index (χ0) is 27.6. The van der Waals surface area contributed by atoms with Crippen molar-refractivity contribution in [2.24, 2.45) is 0 Å². The molecule has 0 unspecified atom stereocenters. The number of unbranched alkanes of at least 4 members (excludes halogenated alkanes) is 4. The van der Waals surface area contributed by atoms with E-state index in [4.69, 9.17) is 10.2 Å². The Hall–Kier alpha value is -2.54. The number of hydrogen-bond acceptors (Lipinski definition) is 4. The minimum atomic E-state index is -6.02. The fraction of sp³-hybridized carbons (Fsp3) is 0.652. The number of benzene rings is 1. The quantitative estimate of drug-likeness (QED) is 0.231. The van der Waals surface area contributed by atoms with Gasteiger partial charge in [-0.25, -0.2) is 4.79 Å². The van der Waals surface area contributed by atoms with Gasteiger partial charge in [0.25, 0.3) is 5.60 Å². The lowest BCUT2D eigenvalue weighted by Crippen LogP contribution is -2.53. The van der Waals surface area contributed by atoms with Gasteiger partial charge in [-0.3, -0.25) is 9.69 Å². The summed E-state index contributed by atoms with van der Waals surface area (Å²) in [4.78, 5) is 26.5. The predicted octanol–water partition coefficient (Wildman–Crippen LogP) is 5.05. The number of halogens is 6. The molecule has 0 saturated heterocycles. The molecule has 36 heavy (non-hydrogen) atoms. The van der Waals surface area contributed by atoms with E-state index in [9.17, 15) is 41.0 Å². The molecule has 0 fully saturated rings. The van der Waals surface area contributed by atoms with Crippen molar-refractivity contribution in [3.63, 3.8) is 0 Å². The van der Waals surface area contributed by atoms with Gasteiger partial charge in [0.05, 0.1) is 0 Å². The van der Waals surface area contributed by atoms with Crippen LogP contribution in [0.15, 0.2) is 24.3 Å². The molecule has 0 saturated carbocycles. The molecule has 206 valence electrons. The maximum atomic E-state index is 13.2. The molecule has 0 aliphatic heterocycles. The number of amides is 2. The second-order valence-corrected chi connectivity index (χ2v) is 8.26. The molecule has 2 amide bonds. The number of nitrogens with zero attached hydrogens (tertiary/aromatic N) is 2. The normalized spacial score (nSPS) is 12.5. The first-order valence-corrected chi connectivity index (χ1v) is 11.6. The molecule has 1 aromatic rings. The number of rotatable bonds is 14. The second kappa shape index (κ2) is 13.7. The van der Waals surface area contributed by atoms with Crippen LogP contribution in [0.1, 0.15) is 57.4 Å². The number of carbonyl (C=O) groups is 2. The van der Waals surface area contributed by atoms with Crippen molar-refractivity contribution in [2.75, 3.05) is 31.1 Å².